The number of morpholine rings is 1. The number of nitrogens with zero attached hydrogens (tertiary/aromatic N) is 2. The zero-order valence-electron chi connectivity index (χ0n) is 17.3. The first-order valence-electron chi connectivity index (χ1n) is 10.2. The van der Waals surface area contributed by atoms with Crippen LogP contribution in [0.15, 0.2) is 40.5 Å². The molecule has 6 nitrogen and oxygen atoms in total. The first-order valence-corrected chi connectivity index (χ1v) is 10.2. The van der Waals surface area contributed by atoms with E-state index in [4.69, 9.17) is 9.73 Å². The van der Waals surface area contributed by atoms with Crippen LogP contribution in [-0.4, -0.2) is 53.7 Å². The molecule has 0 bridgehead atoms. The molecule has 1 aliphatic carbocycles. The zero-order chi connectivity index (χ0) is 20.8. The number of allylic oxidation sites excluding steroid dienone is 2. The third kappa shape index (κ3) is 3.73. The van der Waals surface area contributed by atoms with E-state index in [1.165, 1.54) is 0 Å². The SMILES string of the molecule is CC1=NC2=C(C(=O)CC(C)(C)C2)[C@H](c2cccc(O)c2)C1C(=O)N1CCOCC1. The van der Waals surface area contributed by atoms with Crippen molar-refractivity contribution >= 4 is 17.4 Å². The average Bonchev–Trinajstić information content (AvgIpc) is 2.66. The Bertz CT molecular complexity index is 909. The van der Waals surface area contributed by atoms with E-state index >= 15 is 0 Å². The largest absolute Gasteiger partial charge is 0.508 e. The molecule has 1 aromatic carbocycles. The van der Waals surface area contributed by atoms with Gasteiger partial charge in [-0.1, -0.05) is 26.0 Å². The molecule has 4 rings (SSSR count). The number of phenols is 1. The number of hydrogen-bond donors (Lipinski definition) is 1. The molecular weight excluding hydrogens is 368 g/mol. The Morgan fingerprint density at radius 3 is 2.66 bits per heavy atom. The van der Waals surface area contributed by atoms with Crippen LogP contribution in [0.25, 0.3) is 0 Å². The van der Waals surface area contributed by atoms with Gasteiger partial charge in [-0.2, -0.15) is 0 Å². The summed E-state index contributed by atoms with van der Waals surface area (Å²) in [5, 5.41) is 10.1. The lowest BCUT2D eigenvalue weighted by molar-refractivity contribution is -0.138. The van der Waals surface area contributed by atoms with Gasteiger partial charge in [-0.15, -0.1) is 0 Å². The lowest BCUT2D eigenvalue weighted by Crippen LogP contribution is -2.48. The van der Waals surface area contributed by atoms with Crippen molar-refractivity contribution in [2.24, 2.45) is 16.3 Å². The summed E-state index contributed by atoms with van der Waals surface area (Å²) >= 11 is 0. The molecular formula is C23H28N2O4. The van der Waals surface area contributed by atoms with Gasteiger partial charge in [0.1, 0.15) is 5.75 Å². The molecule has 1 amide bonds. The summed E-state index contributed by atoms with van der Waals surface area (Å²) < 4.78 is 5.40. The molecule has 0 saturated carbocycles. The number of ether oxygens (including phenoxy) is 1. The highest BCUT2D eigenvalue weighted by atomic mass is 16.5. The molecule has 3 aliphatic rings. The lowest BCUT2D eigenvalue weighted by atomic mass is 9.66. The summed E-state index contributed by atoms with van der Waals surface area (Å²) in [5.41, 5.74) is 2.81. The maximum absolute atomic E-state index is 13.5. The third-order valence-corrected chi connectivity index (χ3v) is 6.12. The molecule has 1 aromatic rings. The first kappa shape index (κ1) is 19.8. The molecule has 2 atom stereocenters. The smallest absolute Gasteiger partial charge is 0.232 e. The quantitative estimate of drug-likeness (QED) is 0.833. The predicted molar refractivity (Wildman–Crippen MR) is 110 cm³/mol. The first-order chi connectivity index (χ1) is 13.8. The third-order valence-electron chi connectivity index (χ3n) is 6.12. The molecule has 1 saturated heterocycles. The Kier molecular flexibility index (Phi) is 5.07. The van der Waals surface area contributed by atoms with E-state index in [9.17, 15) is 14.7 Å². The summed E-state index contributed by atoms with van der Waals surface area (Å²) in [6.07, 6.45) is 1.15. The van der Waals surface area contributed by atoms with E-state index in [1.54, 1.807) is 18.2 Å². The summed E-state index contributed by atoms with van der Waals surface area (Å²) in [6, 6.07) is 6.92. The van der Waals surface area contributed by atoms with Gasteiger partial charge in [-0.25, -0.2) is 0 Å². The van der Waals surface area contributed by atoms with Gasteiger partial charge in [0.05, 0.1) is 19.1 Å². The summed E-state index contributed by atoms with van der Waals surface area (Å²) in [6.45, 7) is 8.17. The fourth-order valence-corrected chi connectivity index (χ4v) is 4.82. The summed E-state index contributed by atoms with van der Waals surface area (Å²) in [7, 11) is 0. The molecule has 1 N–H and O–H groups in total. The summed E-state index contributed by atoms with van der Waals surface area (Å²) in [4.78, 5) is 33.4. The number of benzene rings is 1. The Balaban J connectivity index is 1.83. The van der Waals surface area contributed by atoms with Gasteiger partial charge in [0.15, 0.2) is 5.78 Å². The monoisotopic (exact) mass is 396 g/mol. The van der Waals surface area contributed by atoms with Crippen LogP contribution in [0.3, 0.4) is 0 Å². The number of phenolic OH excluding ortho intramolecular Hbond substituents is 1. The molecule has 0 spiro atoms. The van der Waals surface area contributed by atoms with E-state index in [2.05, 4.69) is 13.8 Å². The van der Waals surface area contributed by atoms with Gasteiger partial charge in [-0.3, -0.25) is 14.6 Å². The van der Waals surface area contributed by atoms with Gasteiger partial charge < -0.3 is 14.7 Å². The average molecular weight is 396 g/mol. The van der Waals surface area contributed by atoms with Crippen LogP contribution in [0.4, 0.5) is 0 Å². The minimum Gasteiger partial charge on any atom is -0.508 e. The summed E-state index contributed by atoms with van der Waals surface area (Å²) in [5.74, 6) is -0.800. The Morgan fingerprint density at radius 1 is 1.24 bits per heavy atom. The fourth-order valence-electron chi connectivity index (χ4n) is 4.82. The number of ketones is 1. The number of carbonyl (C=O) groups is 2. The zero-order valence-corrected chi connectivity index (χ0v) is 17.3. The topological polar surface area (TPSA) is 79.2 Å². The van der Waals surface area contributed by atoms with Crippen LogP contribution in [0, 0.1) is 11.3 Å². The molecule has 6 heteroatoms. The molecule has 0 radical (unpaired) electrons. The number of aromatic hydroxyl groups is 1. The Labute approximate surface area is 171 Å². The minimum absolute atomic E-state index is 0.0212. The second kappa shape index (κ2) is 7.41. The maximum Gasteiger partial charge on any atom is 0.232 e. The van der Waals surface area contributed by atoms with Crippen LogP contribution in [0.2, 0.25) is 0 Å². The standard InChI is InChI=1S/C23H28N2O4/c1-14-19(22(28)25-7-9-29-10-8-25)20(15-5-4-6-16(26)11-15)21-17(24-14)12-23(2,3)13-18(21)27/h4-6,11,19-20,26H,7-10,12-13H2,1-3H3/t19?,20-/m1/s1. The Hall–Kier alpha value is -2.47. The number of aliphatic imine (C=N–C) groups is 1. The van der Waals surface area contributed by atoms with Crippen molar-refractivity contribution in [3.63, 3.8) is 0 Å². The highest BCUT2D eigenvalue weighted by molar-refractivity contribution is 6.10. The molecule has 2 heterocycles. The van der Waals surface area contributed by atoms with E-state index in [0.717, 1.165) is 17.0 Å². The van der Waals surface area contributed by atoms with Crippen LogP contribution in [0.5, 0.6) is 5.75 Å². The number of rotatable bonds is 2. The normalized spacial score (nSPS) is 26.8. The van der Waals surface area contributed by atoms with Gasteiger partial charge in [-0.05, 0) is 36.5 Å². The number of hydrogen-bond acceptors (Lipinski definition) is 5. The van der Waals surface area contributed by atoms with Crippen molar-refractivity contribution in [3.8, 4) is 5.75 Å². The van der Waals surface area contributed by atoms with E-state index in [-0.39, 0.29) is 22.9 Å². The van der Waals surface area contributed by atoms with Crippen molar-refractivity contribution < 1.29 is 19.4 Å². The van der Waals surface area contributed by atoms with E-state index in [1.807, 2.05) is 17.9 Å². The fraction of sp³-hybridized carbons (Fsp3) is 0.522. The van der Waals surface area contributed by atoms with Crippen molar-refractivity contribution in [2.45, 2.75) is 39.5 Å². The second-order valence-electron chi connectivity index (χ2n) is 9.04. The van der Waals surface area contributed by atoms with Gasteiger partial charge in [0, 0.05) is 42.4 Å². The molecule has 1 unspecified atom stereocenters. The van der Waals surface area contributed by atoms with Gasteiger partial charge in [0.25, 0.3) is 0 Å². The van der Waals surface area contributed by atoms with E-state index in [0.29, 0.717) is 44.7 Å². The van der Waals surface area contributed by atoms with Crippen molar-refractivity contribution in [1.29, 1.82) is 0 Å². The van der Waals surface area contributed by atoms with Crippen LogP contribution < -0.4 is 0 Å². The molecule has 0 aromatic heterocycles. The van der Waals surface area contributed by atoms with Crippen molar-refractivity contribution in [2.75, 3.05) is 26.3 Å². The Morgan fingerprint density at radius 2 is 1.97 bits per heavy atom. The highest BCUT2D eigenvalue weighted by Gasteiger charge is 2.46. The number of amides is 1. The highest BCUT2D eigenvalue weighted by Crippen LogP contribution is 2.48. The lowest BCUT2D eigenvalue weighted by Gasteiger charge is -2.41. The van der Waals surface area contributed by atoms with Crippen LogP contribution >= 0.6 is 0 Å². The number of carbonyl (C=O) groups excluding carboxylic acids is 2. The maximum atomic E-state index is 13.5. The van der Waals surface area contributed by atoms with Crippen molar-refractivity contribution in [3.05, 3.63) is 41.1 Å². The molecule has 1 fully saturated rings. The van der Waals surface area contributed by atoms with Gasteiger partial charge >= 0.3 is 0 Å². The predicted octanol–water partition coefficient (Wildman–Crippen LogP) is 3.07. The van der Waals surface area contributed by atoms with Gasteiger partial charge in [0.2, 0.25) is 5.91 Å². The number of Topliss-reactive ketones (excluding diaryl/α,β-unsaturated/α-hetero) is 1. The molecule has 29 heavy (non-hydrogen) atoms. The van der Waals surface area contributed by atoms with Crippen molar-refractivity contribution in [1.82, 2.24) is 4.90 Å². The second-order valence-corrected chi connectivity index (χ2v) is 9.04. The van der Waals surface area contributed by atoms with E-state index < -0.39 is 11.8 Å². The van der Waals surface area contributed by atoms with Crippen LogP contribution in [0.1, 0.15) is 45.1 Å². The molecule has 154 valence electrons. The minimum atomic E-state index is -0.543. The molecule has 2 aliphatic heterocycles. The van der Waals surface area contributed by atoms with Crippen LogP contribution in [-0.2, 0) is 14.3 Å².